The minimum atomic E-state index is -4.98. The number of phosphoric ester groups is 2. The summed E-state index contributed by atoms with van der Waals surface area (Å²) in [7, 11) is -9.97. The van der Waals surface area contributed by atoms with Crippen LogP contribution in [0.5, 0.6) is 0 Å². The molecule has 0 bridgehead atoms. The van der Waals surface area contributed by atoms with Crippen molar-refractivity contribution in [2.75, 3.05) is 39.6 Å². The van der Waals surface area contributed by atoms with Crippen LogP contribution in [0.25, 0.3) is 0 Å². The van der Waals surface area contributed by atoms with Crippen LogP contribution in [0.1, 0.15) is 349 Å². The van der Waals surface area contributed by atoms with E-state index in [2.05, 4.69) is 125 Å². The zero-order valence-corrected chi connectivity index (χ0v) is 66.3. The number of carbonyl (C=O) groups excluding carboxylic acids is 4. The molecule has 3 N–H and O–H groups in total. The van der Waals surface area contributed by atoms with Gasteiger partial charge >= 0.3 is 39.5 Å². The summed E-state index contributed by atoms with van der Waals surface area (Å²) in [5.74, 6) is -2.21. The van der Waals surface area contributed by atoms with E-state index in [0.29, 0.717) is 25.7 Å². The number of hydrogen-bond donors (Lipinski definition) is 3. The first-order valence-corrected chi connectivity index (χ1v) is 43.5. The fourth-order valence-corrected chi connectivity index (χ4v) is 12.3. The van der Waals surface area contributed by atoms with E-state index in [9.17, 15) is 43.2 Å². The normalized spacial score (nSPS) is 14.4. The van der Waals surface area contributed by atoms with Crippen molar-refractivity contribution >= 4 is 39.5 Å². The van der Waals surface area contributed by atoms with Gasteiger partial charge < -0.3 is 33.8 Å². The van der Waals surface area contributed by atoms with Gasteiger partial charge in [-0.3, -0.25) is 37.3 Å². The summed E-state index contributed by atoms with van der Waals surface area (Å²) in [5, 5.41) is 10.6. The van der Waals surface area contributed by atoms with E-state index in [1.807, 2.05) is 0 Å². The third-order valence-corrected chi connectivity index (χ3v) is 18.9. The van der Waals surface area contributed by atoms with E-state index < -0.39 is 97.5 Å². The van der Waals surface area contributed by atoms with Crippen molar-refractivity contribution in [3.05, 3.63) is 97.2 Å². The lowest BCUT2D eigenvalue weighted by Crippen LogP contribution is -2.30. The van der Waals surface area contributed by atoms with Gasteiger partial charge in [-0.05, 0) is 154 Å². The number of aliphatic hydroxyl groups is 1. The number of phosphoric acid groups is 2. The Morgan fingerprint density at radius 2 is 0.480 bits per heavy atom. The molecule has 0 fully saturated rings. The summed E-state index contributed by atoms with van der Waals surface area (Å²) in [4.78, 5) is 73.0. The number of unbranched alkanes of at least 4 members (excludes halogenated alkanes) is 34. The second-order valence-electron chi connectivity index (χ2n) is 27.0. The van der Waals surface area contributed by atoms with Gasteiger partial charge in [-0.1, -0.05) is 266 Å². The average molecular weight is 1480 g/mol. The molecule has 0 aromatic heterocycles. The first-order valence-electron chi connectivity index (χ1n) is 40.5. The fraction of sp³-hybridized carbons (Fsp3) is 0.759. The minimum absolute atomic E-state index is 0.0760. The predicted octanol–water partition coefficient (Wildman–Crippen LogP) is 23.6. The van der Waals surface area contributed by atoms with Crippen LogP contribution in [0.4, 0.5) is 0 Å². The van der Waals surface area contributed by atoms with Gasteiger partial charge in [-0.15, -0.1) is 0 Å². The summed E-state index contributed by atoms with van der Waals surface area (Å²) >= 11 is 0. The van der Waals surface area contributed by atoms with Crippen LogP contribution in [0, 0.1) is 0 Å². The molecular formula is C83H146O17P2. The summed E-state index contributed by atoms with van der Waals surface area (Å²) in [6.45, 7) is 4.76. The molecule has 0 radical (unpaired) electrons. The van der Waals surface area contributed by atoms with Crippen molar-refractivity contribution in [3.8, 4) is 0 Å². The quantitative estimate of drug-likeness (QED) is 0.0169. The van der Waals surface area contributed by atoms with Crippen molar-refractivity contribution < 1.29 is 80.2 Å². The molecule has 5 unspecified atom stereocenters. The molecule has 0 aliphatic carbocycles. The third-order valence-electron chi connectivity index (χ3n) is 17.0. The standard InChI is InChI=1S/C83H146O17P2/c1-5-9-13-17-21-25-29-33-37-38-42-44-48-52-56-60-64-68-81(86)94-74-79(100-83(88)70-66-62-58-54-50-46-41-36-32-28-24-20-16-12-8-4)76-98-102(91,92)96-72-77(84)71-95-101(89,90)97-75-78(99-82(87)69-65-61-57-53-49-45-40-35-31-27-23-19-15-11-7-3)73-93-80(85)67-63-59-55-51-47-43-39-34-30-26-22-18-14-10-6-2/h21-28,33-37,39-41,77-79,84H,5-20,29-32,38,42-76H2,1-4H3,(H,89,90)(H,91,92). The van der Waals surface area contributed by atoms with Gasteiger partial charge in [0.15, 0.2) is 12.2 Å². The molecule has 102 heavy (non-hydrogen) atoms. The fourth-order valence-electron chi connectivity index (χ4n) is 10.8. The zero-order chi connectivity index (χ0) is 74.6. The van der Waals surface area contributed by atoms with Crippen LogP contribution in [0.15, 0.2) is 97.2 Å². The second kappa shape index (κ2) is 75.2. The van der Waals surface area contributed by atoms with Gasteiger partial charge in [0, 0.05) is 25.7 Å². The smallest absolute Gasteiger partial charge is 0.462 e. The van der Waals surface area contributed by atoms with Crippen LogP contribution in [-0.4, -0.2) is 96.7 Å². The first kappa shape index (κ1) is 98.0. The Labute approximate surface area is 620 Å². The SMILES string of the molecule is CCCCCC=CCC=CCCCCCCCCCC(=O)OCC(COP(=O)(O)OCC(O)COP(=O)(O)OCC(COC(=O)CCCCCCCC=CCC=CCCCCC)OC(=O)CCCCCCCC=CCC=CCCCCC)OC(=O)CCCCCCCC=CCC=CCCCCC. The Morgan fingerprint density at radius 3 is 0.725 bits per heavy atom. The molecular weight excluding hydrogens is 1330 g/mol. The first-order chi connectivity index (χ1) is 49.7. The van der Waals surface area contributed by atoms with Crippen LogP contribution >= 0.6 is 15.6 Å². The second-order valence-corrected chi connectivity index (χ2v) is 29.9. The molecule has 5 atom stereocenters. The molecule has 590 valence electrons. The molecule has 0 aromatic carbocycles. The summed E-state index contributed by atoms with van der Waals surface area (Å²) in [5.41, 5.74) is 0. The monoisotopic (exact) mass is 1480 g/mol. The number of esters is 4. The number of rotatable bonds is 76. The molecule has 0 saturated carbocycles. The maximum absolute atomic E-state index is 13.1. The Kier molecular flexibility index (Phi) is 72.3. The van der Waals surface area contributed by atoms with E-state index >= 15 is 0 Å². The maximum Gasteiger partial charge on any atom is 0.472 e. The van der Waals surface area contributed by atoms with Crippen molar-refractivity contribution in [3.63, 3.8) is 0 Å². The highest BCUT2D eigenvalue weighted by molar-refractivity contribution is 7.47. The maximum atomic E-state index is 13.1. The highest BCUT2D eigenvalue weighted by Crippen LogP contribution is 2.45. The molecule has 0 aliphatic heterocycles. The predicted molar refractivity (Wildman–Crippen MR) is 418 cm³/mol. The van der Waals surface area contributed by atoms with Crippen molar-refractivity contribution in [2.45, 2.75) is 367 Å². The molecule has 0 aromatic rings. The third kappa shape index (κ3) is 74.3. The Hall–Kier alpha value is -4.02. The van der Waals surface area contributed by atoms with Gasteiger partial charge in [0.05, 0.1) is 26.4 Å². The molecule has 0 aliphatic rings. The largest absolute Gasteiger partial charge is 0.472 e. The van der Waals surface area contributed by atoms with Crippen molar-refractivity contribution in [1.29, 1.82) is 0 Å². The van der Waals surface area contributed by atoms with Crippen LogP contribution in [-0.2, 0) is 65.4 Å². The van der Waals surface area contributed by atoms with Crippen molar-refractivity contribution in [2.24, 2.45) is 0 Å². The topological polar surface area (TPSA) is 237 Å². The highest BCUT2D eigenvalue weighted by Gasteiger charge is 2.30. The van der Waals surface area contributed by atoms with Crippen LogP contribution < -0.4 is 0 Å². The molecule has 0 amide bonds. The molecule has 19 heteroatoms. The van der Waals surface area contributed by atoms with E-state index in [0.717, 1.165) is 193 Å². The minimum Gasteiger partial charge on any atom is -0.462 e. The van der Waals surface area contributed by atoms with Gasteiger partial charge in [-0.25, -0.2) is 9.13 Å². The highest BCUT2D eigenvalue weighted by atomic mass is 31.2. The Balaban J connectivity index is 5.39. The van der Waals surface area contributed by atoms with Gasteiger partial charge in [0.25, 0.3) is 0 Å². The number of aliphatic hydroxyl groups excluding tert-OH is 1. The summed E-state index contributed by atoms with van der Waals surface area (Å²) in [6, 6.07) is 0. The lowest BCUT2D eigenvalue weighted by molar-refractivity contribution is -0.161. The Bertz CT molecular complexity index is 2310. The Morgan fingerprint density at radius 1 is 0.275 bits per heavy atom. The van der Waals surface area contributed by atoms with Gasteiger partial charge in [0.2, 0.25) is 0 Å². The molecule has 0 saturated heterocycles. The lowest BCUT2D eigenvalue weighted by atomic mass is 10.1. The van der Waals surface area contributed by atoms with E-state index in [1.165, 1.54) is 77.0 Å². The number of hydrogen-bond acceptors (Lipinski definition) is 15. The van der Waals surface area contributed by atoms with E-state index in [-0.39, 0.29) is 25.7 Å². The molecule has 0 heterocycles. The van der Waals surface area contributed by atoms with Crippen molar-refractivity contribution in [1.82, 2.24) is 0 Å². The zero-order valence-electron chi connectivity index (χ0n) is 64.5. The number of carbonyl (C=O) groups is 4. The van der Waals surface area contributed by atoms with Crippen LogP contribution in [0.3, 0.4) is 0 Å². The van der Waals surface area contributed by atoms with Gasteiger partial charge in [0.1, 0.15) is 19.3 Å². The molecule has 0 rings (SSSR count). The van der Waals surface area contributed by atoms with Crippen LogP contribution in [0.2, 0.25) is 0 Å². The van der Waals surface area contributed by atoms with Gasteiger partial charge in [-0.2, -0.15) is 0 Å². The number of ether oxygens (including phenoxy) is 4. The molecule has 17 nitrogen and oxygen atoms in total. The molecule has 0 spiro atoms. The van der Waals surface area contributed by atoms with E-state index in [4.69, 9.17) is 37.0 Å². The summed E-state index contributed by atoms with van der Waals surface area (Å²) < 4.78 is 68.6. The van der Waals surface area contributed by atoms with E-state index in [1.54, 1.807) is 0 Å². The average Bonchev–Trinajstić information content (AvgIpc) is 0.923. The lowest BCUT2D eigenvalue weighted by Gasteiger charge is -2.21. The summed E-state index contributed by atoms with van der Waals surface area (Å²) in [6.07, 6.45) is 79.4. The number of allylic oxidation sites excluding steroid dienone is 16.